The summed E-state index contributed by atoms with van der Waals surface area (Å²) in [7, 11) is 0. The maximum Gasteiger partial charge on any atom is 0.442 e. The summed E-state index contributed by atoms with van der Waals surface area (Å²) in [6.45, 7) is 0. The summed E-state index contributed by atoms with van der Waals surface area (Å²) in [6.07, 6.45) is -1.19. The van der Waals surface area contributed by atoms with E-state index < -0.39 is 29.7 Å². The van der Waals surface area contributed by atoms with Crippen LogP contribution in [0.4, 0.5) is 13.2 Å². The van der Waals surface area contributed by atoms with Gasteiger partial charge in [-0.1, -0.05) is 43.2 Å². The molecule has 1 atom stereocenters. The summed E-state index contributed by atoms with van der Waals surface area (Å²) in [5, 5.41) is 1.80. The standard InChI is InChI=1S/C20H18F3N3O3/c21-20(22,23)19(25-17(27)15-11-6-12-29-15)18(28)26(14-9-4-5-10-14)16(24-19)13-7-2-1-3-8-13/h1-3,6-8,11-12,14H,4-5,9-10H2,(H,25,27)/t19-/m1/s1. The molecule has 0 saturated heterocycles. The van der Waals surface area contributed by atoms with Crippen molar-refractivity contribution < 1.29 is 27.2 Å². The number of carbonyl (C=O) groups excluding carboxylic acids is 2. The second-order valence-corrected chi connectivity index (χ2v) is 7.05. The van der Waals surface area contributed by atoms with E-state index in [-0.39, 0.29) is 11.6 Å². The molecule has 2 amide bonds. The lowest BCUT2D eigenvalue weighted by Gasteiger charge is -2.31. The number of amides is 2. The molecule has 4 rings (SSSR count). The van der Waals surface area contributed by atoms with Crippen molar-refractivity contribution in [2.75, 3.05) is 0 Å². The van der Waals surface area contributed by atoms with E-state index >= 15 is 0 Å². The Labute approximate surface area is 164 Å². The molecule has 152 valence electrons. The first-order valence-electron chi connectivity index (χ1n) is 9.25. The quantitative estimate of drug-likeness (QED) is 0.846. The summed E-state index contributed by atoms with van der Waals surface area (Å²) in [4.78, 5) is 30.5. The zero-order chi connectivity index (χ0) is 20.6. The molecule has 9 heteroatoms. The Kier molecular flexibility index (Phi) is 4.68. The first kappa shape index (κ1) is 19.2. The van der Waals surface area contributed by atoms with E-state index in [2.05, 4.69) is 4.99 Å². The number of alkyl halides is 3. The fourth-order valence-corrected chi connectivity index (χ4v) is 3.79. The number of nitrogens with zero attached hydrogens (tertiary/aromatic N) is 2. The summed E-state index contributed by atoms with van der Waals surface area (Å²) < 4.78 is 47.5. The third kappa shape index (κ3) is 3.20. The highest BCUT2D eigenvalue weighted by Gasteiger charge is 2.68. The molecule has 0 spiro atoms. The topological polar surface area (TPSA) is 74.9 Å². The molecule has 1 aliphatic heterocycles. The molecule has 1 aromatic carbocycles. The first-order valence-corrected chi connectivity index (χ1v) is 9.25. The Morgan fingerprint density at radius 3 is 2.41 bits per heavy atom. The average molecular weight is 405 g/mol. The molecular formula is C20H18F3N3O3. The predicted octanol–water partition coefficient (Wildman–Crippen LogP) is 3.50. The number of rotatable bonds is 4. The van der Waals surface area contributed by atoms with Gasteiger partial charge in [0.15, 0.2) is 5.76 Å². The van der Waals surface area contributed by atoms with Crippen LogP contribution in [0.3, 0.4) is 0 Å². The molecule has 1 aromatic heterocycles. The molecule has 2 aromatic rings. The van der Waals surface area contributed by atoms with Gasteiger partial charge in [0.05, 0.1) is 6.26 Å². The number of nitrogens with one attached hydrogen (secondary N) is 1. The highest BCUT2D eigenvalue weighted by molar-refractivity contribution is 6.17. The average Bonchev–Trinajstić information content (AvgIpc) is 3.43. The van der Waals surface area contributed by atoms with E-state index in [9.17, 15) is 22.8 Å². The van der Waals surface area contributed by atoms with Gasteiger partial charge in [-0.15, -0.1) is 0 Å². The number of aliphatic imine (C=N–C) groups is 1. The maximum absolute atomic E-state index is 14.2. The van der Waals surface area contributed by atoms with Crippen LogP contribution >= 0.6 is 0 Å². The van der Waals surface area contributed by atoms with Crippen molar-refractivity contribution in [1.29, 1.82) is 0 Å². The van der Waals surface area contributed by atoms with Gasteiger partial charge < -0.3 is 9.73 Å². The minimum atomic E-state index is -5.14. The van der Waals surface area contributed by atoms with Crippen LogP contribution < -0.4 is 5.32 Å². The number of hydrogen-bond acceptors (Lipinski definition) is 4. The fraction of sp³-hybridized carbons (Fsp3) is 0.350. The first-order chi connectivity index (χ1) is 13.8. The van der Waals surface area contributed by atoms with Crippen molar-refractivity contribution in [3.63, 3.8) is 0 Å². The number of halogens is 3. The maximum atomic E-state index is 14.2. The Morgan fingerprint density at radius 2 is 1.83 bits per heavy atom. The highest BCUT2D eigenvalue weighted by Crippen LogP contribution is 2.41. The molecule has 1 fully saturated rings. The van der Waals surface area contributed by atoms with Gasteiger partial charge in [-0.05, 0) is 25.0 Å². The molecule has 6 nitrogen and oxygen atoms in total. The second-order valence-electron chi connectivity index (χ2n) is 7.05. The van der Waals surface area contributed by atoms with Gasteiger partial charge in [-0.25, -0.2) is 4.99 Å². The minimum Gasteiger partial charge on any atom is -0.459 e. The molecule has 29 heavy (non-hydrogen) atoms. The Bertz CT molecular complexity index is 935. The van der Waals surface area contributed by atoms with Crippen LogP contribution in [0.2, 0.25) is 0 Å². The van der Waals surface area contributed by atoms with Crippen molar-refractivity contribution in [1.82, 2.24) is 10.2 Å². The minimum absolute atomic E-state index is 0.0837. The molecule has 1 N–H and O–H groups in total. The molecule has 2 aliphatic rings. The number of benzene rings is 1. The molecule has 2 heterocycles. The Hall–Kier alpha value is -3.10. The van der Waals surface area contributed by atoms with Crippen molar-refractivity contribution >= 4 is 17.6 Å². The largest absolute Gasteiger partial charge is 0.459 e. The monoisotopic (exact) mass is 405 g/mol. The van der Waals surface area contributed by atoms with E-state index in [1.54, 1.807) is 35.6 Å². The normalized spacial score (nSPS) is 22.8. The SMILES string of the molecule is O=C(N[C@]1(C(F)(F)F)N=C(c2ccccc2)N(C2CCCC2)C1=O)c1ccco1. The number of carbonyl (C=O) groups is 2. The number of furan rings is 1. The summed E-state index contributed by atoms with van der Waals surface area (Å²) in [5.41, 5.74) is -3.02. The summed E-state index contributed by atoms with van der Waals surface area (Å²) in [6, 6.07) is 10.4. The lowest BCUT2D eigenvalue weighted by molar-refractivity contribution is -0.196. The van der Waals surface area contributed by atoms with E-state index in [0.717, 1.165) is 24.0 Å². The molecular weight excluding hydrogens is 387 g/mol. The predicted molar refractivity (Wildman–Crippen MR) is 97.0 cm³/mol. The zero-order valence-corrected chi connectivity index (χ0v) is 15.3. The number of amidine groups is 1. The van der Waals surface area contributed by atoms with Gasteiger partial charge in [0.1, 0.15) is 5.84 Å². The third-order valence-electron chi connectivity index (χ3n) is 5.20. The lowest BCUT2D eigenvalue weighted by Crippen LogP contribution is -2.64. The van der Waals surface area contributed by atoms with E-state index in [1.165, 1.54) is 12.1 Å². The molecule has 1 aliphatic carbocycles. The van der Waals surface area contributed by atoms with Crippen LogP contribution in [0, 0.1) is 0 Å². The smallest absolute Gasteiger partial charge is 0.442 e. The highest BCUT2D eigenvalue weighted by atomic mass is 19.4. The van der Waals surface area contributed by atoms with Crippen molar-refractivity contribution in [2.24, 2.45) is 4.99 Å². The van der Waals surface area contributed by atoms with E-state index in [1.807, 2.05) is 0 Å². The Balaban J connectivity index is 1.82. The van der Waals surface area contributed by atoms with Crippen LogP contribution in [0.1, 0.15) is 41.8 Å². The van der Waals surface area contributed by atoms with Crippen LogP contribution in [0.5, 0.6) is 0 Å². The van der Waals surface area contributed by atoms with Gasteiger partial charge in [0.2, 0.25) is 0 Å². The van der Waals surface area contributed by atoms with Gasteiger partial charge in [0, 0.05) is 11.6 Å². The van der Waals surface area contributed by atoms with Crippen molar-refractivity contribution in [2.45, 2.75) is 43.6 Å². The van der Waals surface area contributed by atoms with Crippen molar-refractivity contribution in [3.8, 4) is 0 Å². The molecule has 1 saturated carbocycles. The molecule has 0 unspecified atom stereocenters. The van der Waals surface area contributed by atoms with Gasteiger partial charge in [0.25, 0.3) is 11.8 Å². The van der Waals surface area contributed by atoms with Crippen LogP contribution in [0.25, 0.3) is 0 Å². The summed E-state index contributed by atoms with van der Waals surface area (Å²) >= 11 is 0. The van der Waals surface area contributed by atoms with Gasteiger partial charge >= 0.3 is 11.8 Å². The van der Waals surface area contributed by atoms with Crippen LogP contribution in [-0.2, 0) is 4.79 Å². The van der Waals surface area contributed by atoms with Crippen molar-refractivity contribution in [3.05, 3.63) is 60.1 Å². The fourth-order valence-electron chi connectivity index (χ4n) is 3.79. The Morgan fingerprint density at radius 1 is 1.14 bits per heavy atom. The second kappa shape index (κ2) is 7.06. The van der Waals surface area contributed by atoms with E-state index in [4.69, 9.17) is 4.42 Å². The van der Waals surface area contributed by atoms with Crippen LogP contribution in [-0.4, -0.2) is 40.4 Å². The molecule has 0 bridgehead atoms. The van der Waals surface area contributed by atoms with Crippen LogP contribution in [0.15, 0.2) is 58.1 Å². The van der Waals surface area contributed by atoms with E-state index in [0.29, 0.717) is 18.4 Å². The lowest BCUT2D eigenvalue weighted by atomic mass is 10.1. The van der Waals surface area contributed by atoms with Gasteiger partial charge in [-0.3, -0.25) is 14.5 Å². The van der Waals surface area contributed by atoms with Gasteiger partial charge in [-0.2, -0.15) is 13.2 Å². The third-order valence-corrected chi connectivity index (χ3v) is 5.20. The summed E-state index contributed by atoms with van der Waals surface area (Å²) in [5.74, 6) is -2.88. The molecule has 0 radical (unpaired) electrons. The zero-order valence-electron chi connectivity index (χ0n) is 15.3. The number of hydrogen-bond donors (Lipinski definition) is 1.